The first kappa shape index (κ1) is 10.7. The lowest BCUT2D eigenvalue weighted by Gasteiger charge is -2.22. The van der Waals surface area contributed by atoms with Crippen molar-refractivity contribution in [3.8, 4) is 0 Å². The smallest absolute Gasteiger partial charge is 0.140 e. The van der Waals surface area contributed by atoms with E-state index < -0.39 is 0 Å². The van der Waals surface area contributed by atoms with E-state index in [2.05, 4.69) is 10.5 Å². The van der Waals surface area contributed by atoms with Crippen LogP contribution in [-0.4, -0.2) is 35.1 Å². The van der Waals surface area contributed by atoms with E-state index in [1.54, 1.807) is 0 Å². The molecule has 0 aromatic heterocycles. The molecule has 0 amide bonds. The van der Waals surface area contributed by atoms with E-state index in [0.29, 0.717) is 18.3 Å². The molecule has 0 bridgehead atoms. The number of oxime groups is 1. The van der Waals surface area contributed by atoms with Crippen LogP contribution in [0.2, 0.25) is 0 Å². The van der Waals surface area contributed by atoms with Gasteiger partial charge in [0.05, 0.1) is 0 Å². The molecule has 1 aliphatic heterocycles. The molecule has 0 aromatic rings. The Balaban J connectivity index is 2.04. The fourth-order valence-corrected chi connectivity index (χ4v) is 2.46. The van der Waals surface area contributed by atoms with E-state index in [1.165, 1.54) is 24.3 Å². The Morgan fingerprint density at radius 1 is 1.69 bits per heavy atom. The van der Waals surface area contributed by atoms with E-state index in [-0.39, 0.29) is 0 Å². The number of rotatable bonds is 4. The second kappa shape index (κ2) is 6.10. The first-order valence-electron chi connectivity index (χ1n) is 4.60. The van der Waals surface area contributed by atoms with Gasteiger partial charge in [0.15, 0.2) is 0 Å². The third-order valence-electron chi connectivity index (χ3n) is 2.10. The monoisotopic (exact) mass is 203 g/mol. The second-order valence-electron chi connectivity index (χ2n) is 3.21. The van der Waals surface area contributed by atoms with Crippen LogP contribution in [0.5, 0.6) is 0 Å². The molecule has 1 fully saturated rings. The molecule has 5 heteroatoms. The molecule has 1 aliphatic rings. The number of nitrogens with two attached hydrogens (primary N) is 1. The molecule has 0 saturated carbocycles. The van der Waals surface area contributed by atoms with Crippen molar-refractivity contribution >= 4 is 17.6 Å². The highest BCUT2D eigenvalue weighted by molar-refractivity contribution is 7.99. The van der Waals surface area contributed by atoms with Crippen molar-refractivity contribution in [1.82, 2.24) is 5.32 Å². The Labute approximate surface area is 82.9 Å². The van der Waals surface area contributed by atoms with E-state index >= 15 is 0 Å². The Morgan fingerprint density at radius 3 is 3.15 bits per heavy atom. The van der Waals surface area contributed by atoms with Crippen molar-refractivity contribution in [3.05, 3.63) is 0 Å². The predicted octanol–water partition coefficient (Wildman–Crippen LogP) is 0.608. The fraction of sp³-hybridized carbons (Fsp3) is 0.875. The number of nitrogens with one attached hydrogen (secondary N) is 1. The van der Waals surface area contributed by atoms with Crippen LogP contribution in [0.15, 0.2) is 5.16 Å². The number of hydrogen-bond donors (Lipinski definition) is 3. The quantitative estimate of drug-likeness (QED) is 0.271. The number of hydrogen-bond acceptors (Lipinski definition) is 4. The van der Waals surface area contributed by atoms with Crippen LogP contribution in [0, 0.1) is 0 Å². The average Bonchev–Trinajstić information content (AvgIpc) is 2.19. The van der Waals surface area contributed by atoms with E-state index in [1.807, 2.05) is 11.8 Å². The summed E-state index contributed by atoms with van der Waals surface area (Å²) in [6, 6.07) is 0.616. The topological polar surface area (TPSA) is 70.6 Å². The second-order valence-corrected chi connectivity index (χ2v) is 4.36. The molecule has 1 unspecified atom stereocenters. The van der Waals surface area contributed by atoms with Gasteiger partial charge in [0.2, 0.25) is 0 Å². The van der Waals surface area contributed by atoms with Gasteiger partial charge in [-0.25, -0.2) is 0 Å². The van der Waals surface area contributed by atoms with Crippen molar-refractivity contribution in [3.63, 3.8) is 0 Å². The van der Waals surface area contributed by atoms with Gasteiger partial charge in [0.25, 0.3) is 0 Å². The molecule has 0 aromatic carbocycles. The van der Waals surface area contributed by atoms with Gasteiger partial charge in [-0.15, -0.1) is 0 Å². The minimum atomic E-state index is 0.302. The standard InChI is InChI=1S/C8H17N3OS/c9-8(11-12)3-4-10-7-2-1-5-13-6-7/h7,10,12H,1-6H2,(H2,9,11). The first-order chi connectivity index (χ1) is 6.33. The molecule has 4 nitrogen and oxygen atoms in total. The van der Waals surface area contributed by atoms with Gasteiger partial charge in [0.1, 0.15) is 5.84 Å². The molecular weight excluding hydrogens is 186 g/mol. The lowest BCUT2D eigenvalue weighted by Crippen LogP contribution is -2.35. The van der Waals surface area contributed by atoms with Crippen LogP contribution >= 0.6 is 11.8 Å². The van der Waals surface area contributed by atoms with Crippen LogP contribution in [0.1, 0.15) is 19.3 Å². The van der Waals surface area contributed by atoms with Crippen LogP contribution in [0.4, 0.5) is 0 Å². The van der Waals surface area contributed by atoms with Crippen molar-refractivity contribution in [1.29, 1.82) is 0 Å². The number of amidine groups is 1. The molecule has 0 aliphatic carbocycles. The van der Waals surface area contributed by atoms with Gasteiger partial charge in [-0.05, 0) is 18.6 Å². The van der Waals surface area contributed by atoms with E-state index in [9.17, 15) is 0 Å². The third-order valence-corrected chi connectivity index (χ3v) is 3.32. The fourth-order valence-electron chi connectivity index (χ4n) is 1.36. The molecule has 4 N–H and O–H groups in total. The summed E-state index contributed by atoms with van der Waals surface area (Å²) < 4.78 is 0. The van der Waals surface area contributed by atoms with Crippen LogP contribution in [0.25, 0.3) is 0 Å². The SMILES string of the molecule is NC(CCNC1CCCSC1)=NO. The molecule has 0 radical (unpaired) electrons. The largest absolute Gasteiger partial charge is 0.409 e. The van der Waals surface area contributed by atoms with Gasteiger partial charge in [-0.2, -0.15) is 11.8 Å². The van der Waals surface area contributed by atoms with Gasteiger partial charge < -0.3 is 16.3 Å². The van der Waals surface area contributed by atoms with Crippen molar-refractivity contribution in [2.45, 2.75) is 25.3 Å². The molecular formula is C8H17N3OS. The minimum Gasteiger partial charge on any atom is -0.409 e. The summed E-state index contributed by atoms with van der Waals surface area (Å²) in [7, 11) is 0. The molecule has 13 heavy (non-hydrogen) atoms. The number of nitrogens with zero attached hydrogens (tertiary/aromatic N) is 1. The van der Waals surface area contributed by atoms with Crippen LogP contribution < -0.4 is 11.1 Å². The summed E-state index contributed by atoms with van der Waals surface area (Å²) in [4.78, 5) is 0. The lowest BCUT2D eigenvalue weighted by atomic mass is 10.2. The summed E-state index contributed by atoms with van der Waals surface area (Å²) in [5, 5.41) is 14.6. The number of thioether (sulfide) groups is 1. The van der Waals surface area contributed by atoms with Gasteiger partial charge in [-0.1, -0.05) is 5.16 Å². The highest BCUT2D eigenvalue weighted by atomic mass is 32.2. The van der Waals surface area contributed by atoms with Gasteiger partial charge in [0, 0.05) is 24.8 Å². The maximum atomic E-state index is 8.30. The van der Waals surface area contributed by atoms with Gasteiger partial charge >= 0.3 is 0 Å². The molecule has 1 rings (SSSR count). The summed E-state index contributed by atoms with van der Waals surface area (Å²) in [5.41, 5.74) is 5.34. The zero-order chi connectivity index (χ0) is 9.52. The lowest BCUT2D eigenvalue weighted by molar-refractivity contribution is 0.316. The van der Waals surface area contributed by atoms with E-state index in [0.717, 1.165) is 6.54 Å². The summed E-state index contributed by atoms with van der Waals surface area (Å²) in [5.74, 6) is 2.78. The van der Waals surface area contributed by atoms with Crippen molar-refractivity contribution in [2.75, 3.05) is 18.1 Å². The summed E-state index contributed by atoms with van der Waals surface area (Å²) >= 11 is 1.99. The predicted molar refractivity (Wildman–Crippen MR) is 56.4 cm³/mol. The van der Waals surface area contributed by atoms with Crippen LogP contribution in [0.3, 0.4) is 0 Å². The summed E-state index contributed by atoms with van der Waals surface area (Å²) in [6.45, 7) is 0.807. The molecule has 1 saturated heterocycles. The Bertz CT molecular complexity index is 169. The molecule has 1 atom stereocenters. The Hall–Kier alpha value is -0.420. The Kier molecular flexibility index (Phi) is 5.00. The van der Waals surface area contributed by atoms with E-state index in [4.69, 9.17) is 10.9 Å². The van der Waals surface area contributed by atoms with Crippen molar-refractivity contribution in [2.24, 2.45) is 10.9 Å². The van der Waals surface area contributed by atoms with Crippen molar-refractivity contribution < 1.29 is 5.21 Å². The molecule has 76 valence electrons. The highest BCUT2D eigenvalue weighted by Crippen LogP contribution is 2.16. The van der Waals surface area contributed by atoms with Crippen LogP contribution in [-0.2, 0) is 0 Å². The minimum absolute atomic E-state index is 0.302. The Morgan fingerprint density at radius 2 is 2.54 bits per heavy atom. The molecule has 0 spiro atoms. The zero-order valence-corrected chi connectivity index (χ0v) is 8.52. The zero-order valence-electron chi connectivity index (χ0n) is 7.70. The maximum absolute atomic E-state index is 8.30. The average molecular weight is 203 g/mol. The maximum Gasteiger partial charge on any atom is 0.140 e. The third kappa shape index (κ3) is 4.38. The first-order valence-corrected chi connectivity index (χ1v) is 5.76. The molecule has 1 heterocycles. The normalized spacial score (nSPS) is 24.6. The summed E-state index contributed by atoms with van der Waals surface area (Å²) in [6.07, 6.45) is 3.17. The highest BCUT2D eigenvalue weighted by Gasteiger charge is 2.12. The van der Waals surface area contributed by atoms with Gasteiger partial charge in [-0.3, -0.25) is 0 Å².